The fourth-order valence-corrected chi connectivity index (χ4v) is 3.12. The fraction of sp³-hybridized carbons (Fsp3) is 0.227. The summed E-state index contributed by atoms with van der Waals surface area (Å²) in [6.45, 7) is 3.22. The highest BCUT2D eigenvalue weighted by molar-refractivity contribution is 5.96. The van der Waals surface area contributed by atoms with Crippen LogP contribution in [0, 0.1) is 5.82 Å². The Morgan fingerprint density at radius 1 is 1.17 bits per heavy atom. The van der Waals surface area contributed by atoms with Gasteiger partial charge in [0.1, 0.15) is 35.6 Å². The minimum absolute atomic E-state index is 0.0311. The van der Waals surface area contributed by atoms with Gasteiger partial charge >= 0.3 is 0 Å². The molecule has 0 bridgehead atoms. The van der Waals surface area contributed by atoms with Crippen LogP contribution in [0.1, 0.15) is 23.7 Å². The molecule has 1 saturated heterocycles. The van der Waals surface area contributed by atoms with Gasteiger partial charge in [0.2, 0.25) is 0 Å². The molecular formula is C22H21FN4O2. The molecule has 0 atom stereocenters. The number of carbonyl (C=O) groups excluding carboxylic acids is 1. The number of hydrogen-bond donors (Lipinski definition) is 1. The molecular weight excluding hydrogens is 371 g/mol. The maximum Gasteiger partial charge on any atom is 0.162 e. The molecule has 6 nitrogen and oxygen atoms in total. The maximum atomic E-state index is 13.0. The Bertz CT molecular complexity index is 1000. The molecule has 1 fully saturated rings. The lowest BCUT2D eigenvalue weighted by molar-refractivity contribution is 0.0988. The van der Waals surface area contributed by atoms with Crippen molar-refractivity contribution in [3.05, 3.63) is 72.3 Å². The molecule has 4 rings (SSSR count). The van der Waals surface area contributed by atoms with Crippen LogP contribution in [0.4, 0.5) is 21.7 Å². The summed E-state index contributed by atoms with van der Waals surface area (Å²) in [6.07, 6.45) is 2.01. The van der Waals surface area contributed by atoms with Gasteiger partial charge in [-0.1, -0.05) is 19.1 Å². The first-order chi connectivity index (χ1) is 14.1. The van der Waals surface area contributed by atoms with Crippen molar-refractivity contribution >= 4 is 23.1 Å². The van der Waals surface area contributed by atoms with Gasteiger partial charge in [0.25, 0.3) is 0 Å². The molecule has 148 valence electrons. The second kappa shape index (κ2) is 8.26. The monoisotopic (exact) mass is 392 g/mol. The van der Waals surface area contributed by atoms with E-state index in [1.807, 2.05) is 37.3 Å². The van der Waals surface area contributed by atoms with E-state index in [9.17, 15) is 9.18 Å². The van der Waals surface area contributed by atoms with Gasteiger partial charge in [-0.2, -0.15) is 0 Å². The first-order valence-corrected chi connectivity index (χ1v) is 9.50. The zero-order chi connectivity index (χ0) is 20.2. The molecule has 0 aliphatic carbocycles. The van der Waals surface area contributed by atoms with Gasteiger partial charge in [0, 0.05) is 23.7 Å². The van der Waals surface area contributed by atoms with Crippen LogP contribution in [0.15, 0.2) is 60.9 Å². The van der Waals surface area contributed by atoms with E-state index in [1.54, 1.807) is 12.1 Å². The van der Waals surface area contributed by atoms with Gasteiger partial charge in [0.05, 0.1) is 13.1 Å². The van der Waals surface area contributed by atoms with E-state index in [0.29, 0.717) is 36.6 Å². The summed E-state index contributed by atoms with van der Waals surface area (Å²) in [5.74, 6) is 1.92. The van der Waals surface area contributed by atoms with Gasteiger partial charge < -0.3 is 15.0 Å². The molecule has 1 aromatic heterocycles. The van der Waals surface area contributed by atoms with Crippen LogP contribution in [0.25, 0.3) is 0 Å². The van der Waals surface area contributed by atoms with Gasteiger partial charge in [0.15, 0.2) is 5.78 Å². The maximum absolute atomic E-state index is 13.0. The summed E-state index contributed by atoms with van der Waals surface area (Å²) in [7, 11) is 0. The third-order valence-electron chi connectivity index (χ3n) is 4.72. The number of hydrogen-bond acceptors (Lipinski definition) is 6. The quantitative estimate of drug-likeness (QED) is 0.607. The summed E-state index contributed by atoms with van der Waals surface area (Å²) in [4.78, 5) is 22.6. The Kier molecular flexibility index (Phi) is 5.37. The van der Waals surface area contributed by atoms with Crippen molar-refractivity contribution in [3.63, 3.8) is 0 Å². The summed E-state index contributed by atoms with van der Waals surface area (Å²) in [6, 6.07) is 15.3. The average Bonchev–Trinajstić information content (AvgIpc) is 2.71. The lowest BCUT2D eigenvalue weighted by Gasteiger charge is -2.39. The number of rotatable bonds is 7. The number of anilines is 3. The van der Waals surface area contributed by atoms with Crippen molar-refractivity contribution in [2.24, 2.45) is 0 Å². The second-order valence-electron chi connectivity index (χ2n) is 6.84. The van der Waals surface area contributed by atoms with Crippen LogP contribution >= 0.6 is 0 Å². The molecule has 1 aliphatic rings. The highest BCUT2D eigenvalue weighted by Crippen LogP contribution is 2.25. The van der Waals surface area contributed by atoms with Crippen LogP contribution in [0.5, 0.6) is 5.75 Å². The minimum Gasteiger partial charge on any atom is -0.487 e. The van der Waals surface area contributed by atoms with Gasteiger partial charge in [-0.3, -0.25) is 4.79 Å². The fourth-order valence-electron chi connectivity index (χ4n) is 3.12. The van der Waals surface area contributed by atoms with Crippen molar-refractivity contribution in [1.29, 1.82) is 0 Å². The summed E-state index contributed by atoms with van der Waals surface area (Å²) in [5, 5.41) is 3.23. The molecule has 2 aromatic carbocycles. The number of halogens is 1. The molecule has 0 spiro atoms. The Balaban J connectivity index is 1.37. The SMILES string of the molecule is CCC(=O)c1cccc(Nc2cc(N3CC(Oc4ccc(F)cc4)C3)ncn2)c1. The Morgan fingerprint density at radius 3 is 2.72 bits per heavy atom. The molecule has 0 unspecified atom stereocenters. The van der Waals surface area contributed by atoms with Crippen LogP contribution in [-0.2, 0) is 0 Å². The van der Waals surface area contributed by atoms with Crippen LogP contribution in [0.3, 0.4) is 0 Å². The molecule has 0 radical (unpaired) electrons. The largest absolute Gasteiger partial charge is 0.487 e. The zero-order valence-corrected chi connectivity index (χ0v) is 16.0. The van der Waals surface area contributed by atoms with Gasteiger partial charge in [-0.25, -0.2) is 14.4 Å². The molecule has 0 amide bonds. The molecule has 1 N–H and O–H groups in total. The summed E-state index contributed by atoms with van der Waals surface area (Å²) >= 11 is 0. The first kappa shape index (κ1) is 18.9. The minimum atomic E-state index is -0.279. The first-order valence-electron chi connectivity index (χ1n) is 9.50. The number of Topliss-reactive ketones (excluding diaryl/α,β-unsaturated/α-hetero) is 1. The number of nitrogens with zero attached hydrogens (tertiary/aromatic N) is 3. The number of ether oxygens (including phenoxy) is 1. The number of benzene rings is 2. The smallest absolute Gasteiger partial charge is 0.162 e. The lowest BCUT2D eigenvalue weighted by Crippen LogP contribution is -2.54. The summed E-state index contributed by atoms with van der Waals surface area (Å²) < 4.78 is 18.8. The second-order valence-corrected chi connectivity index (χ2v) is 6.84. The predicted molar refractivity (Wildman–Crippen MR) is 109 cm³/mol. The molecule has 1 aliphatic heterocycles. The van der Waals surface area contributed by atoms with E-state index in [0.717, 1.165) is 11.5 Å². The normalized spacial score (nSPS) is 13.7. The topological polar surface area (TPSA) is 67.4 Å². The summed E-state index contributed by atoms with van der Waals surface area (Å²) in [5.41, 5.74) is 1.48. The van der Waals surface area contributed by atoms with E-state index >= 15 is 0 Å². The molecule has 7 heteroatoms. The van der Waals surface area contributed by atoms with Crippen molar-refractivity contribution in [2.45, 2.75) is 19.4 Å². The van der Waals surface area contributed by atoms with Crippen molar-refractivity contribution in [2.75, 3.05) is 23.3 Å². The van der Waals surface area contributed by atoms with Crippen molar-refractivity contribution < 1.29 is 13.9 Å². The van der Waals surface area contributed by atoms with E-state index in [1.165, 1.54) is 18.5 Å². The molecule has 2 heterocycles. The predicted octanol–water partition coefficient (Wildman–Crippen LogP) is 4.22. The third kappa shape index (κ3) is 4.51. The highest BCUT2D eigenvalue weighted by Gasteiger charge is 2.29. The van der Waals surface area contributed by atoms with E-state index in [-0.39, 0.29) is 17.7 Å². The number of carbonyl (C=O) groups is 1. The Hall–Kier alpha value is -3.48. The van der Waals surface area contributed by atoms with E-state index in [4.69, 9.17) is 4.74 Å². The molecule has 0 saturated carbocycles. The third-order valence-corrected chi connectivity index (χ3v) is 4.72. The Labute approximate surface area is 168 Å². The van der Waals surface area contributed by atoms with E-state index in [2.05, 4.69) is 20.2 Å². The van der Waals surface area contributed by atoms with Crippen LogP contribution in [-0.4, -0.2) is 34.9 Å². The number of nitrogens with one attached hydrogen (secondary N) is 1. The number of ketones is 1. The zero-order valence-electron chi connectivity index (χ0n) is 16.0. The van der Waals surface area contributed by atoms with Crippen molar-refractivity contribution in [3.8, 4) is 5.75 Å². The van der Waals surface area contributed by atoms with E-state index < -0.39 is 0 Å². The van der Waals surface area contributed by atoms with Gasteiger partial charge in [-0.15, -0.1) is 0 Å². The van der Waals surface area contributed by atoms with Crippen LogP contribution in [0.2, 0.25) is 0 Å². The molecule has 29 heavy (non-hydrogen) atoms. The number of aromatic nitrogens is 2. The standard InChI is InChI=1S/C22H21FN4O2/c1-2-20(28)15-4-3-5-17(10-15)26-21-11-22(25-14-24-21)27-12-19(13-27)29-18-8-6-16(23)7-9-18/h3-11,14,19H,2,12-13H2,1H3,(H,24,25,26). The van der Waals surface area contributed by atoms with Gasteiger partial charge in [-0.05, 0) is 36.4 Å². The van der Waals surface area contributed by atoms with Crippen molar-refractivity contribution in [1.82, 2.24) is 9.97 Å². The lowest BCUT2D eigenvalue weighted by atomic mass is 10.1. The highest BCUT2D eigenvalue weighted by atomic mass is 19.1. The molecule has 3 aromatic rings. The average molecular weight is 392 g/mol. The Morgan fingerprint density at radius 2 is 1.97 bits per heavy atom. The van der Waals surface area contributed by atoms with Crippen LogP contribution < -0.4 is 15.0 Å².